The average molecular weight is 227 g/mol. The van der Waals surface area contributed by atoms with Crippen molar-refractivity contribution in [1.29, 1.82) is 0 Å². The van der Waals surface area contributed by atoms with Crippen LogP contribution >= 0.6 is 11.3 Å². The topological polar surface area (TPSA) is 37.0 Å². The van der Waals surface area contributed by atoms with Gasteiger partial charge in [-0.25, -0.2) is 4.98 Å². The molecule has 3 nitrogen and oxygen atoms in total. The molecule has 0 aromatic carbocycles. The summed E-state index contributed by atoms with van der Waals surface area (Å²) in [7, 11) is 0. The third-order valence-electron chi connectivity index (χ3n) is 2.13. The number of hydrogen-bond acceptors (Lipinski definition) is 4. The third-order valence-corrected chi connectivity index (χ3v) is 3.27. The first kappa shape index (κ1) is 12.6. The van der Waals surface area contributed by atoms with Gasteiger partial charge in [0.15, 0.2) is 0 Å². The number of thiazole rings is 1. The Kier molecular flexibility index (Phi) is 6.55. The largest absolute Gasteiger partial charge is 0.315 e. The Bertz CT molecular complexity index is 260. The summed E-state index contributed by atoms with van der Waals surface area (Å²) >= 11 is 1.81. The maximum absolute atomic E-state index is 4.36. The van der Waals surface area contributed by atoms with E-state index in [9.17, 15) is 0 Å². The van der Waals surface area contributed by atoms with E-state index in [0.717, 1.165) is 32.6 Å². The quantitative estimate of drug-likeness (QED) is 0.665. The highest BCUT2D eigenvalue weighted by Gasteiger charge is 1.98. The van der Waals surface area contributed by atoms with Crippen LogP contribution < -0.4 is 10.6 Å². The van der Waals surface area contributed by atoms with Crippen molar-refractivity contribution in [3.05, 3.63) is 16.1 Å². The van der Waals surface area contributed by atoms with Crippen LogP contribution in [0.25, 0.3) is 0 Å². The zero-order valence-electron chi connectivity index (χ0n) is 9.68. The van der Waals surface area contributed by atoms with E-state index in [2.05, 4.69) is 29.5 Å². The summed E-state index contributed by atoms with van der Waals surface area (Å²) in [5, 5.41) is 7.94. The van der Waals surface area contributed by atoms with Gasteiger partial charge >= 0.3 is 0 Å². The van der Waals surface area contributed by atoms with E-state index in [1.54, 1.807) is 0 Å². The maximum atomic E-state index is 4.36. The molecule has 1 heterocycles. The molecule has 4 heteroatoms. The van der Waals surface area contributed by atoms with Gasteiger partial charge in [0.2, 0.25) is 0 Å². The molecule has 1 aromatic rings. The SMILES string of the molecule is CCCNCCNCc1ncc(CC)s1. The fraction of sp³-hybridized carbons (Fsp3) is 0.727. The summed E-state index contributed by atoms with van der Waals surface area (Å²) < 4.78 is 0. The van der Waals surface area contributed by atoms with Crippen LogP contribution in [0.4, 0.5) is 0 Å². The van der Waals surface area contributed by atoms with Crippen LogP contribution in [0.5, 0.6) is 0 Å². The zero-order valence-corrected chi connectivity index (χ0v) is 10.5. The molecule has 0 spiro atoms. The van der Waals surface area contributed by atoms with Gasteiger partial charge in [-0.3, -0.25) is 0 Å². The van der Waals surface area contributed by atoms with Gasteiger partial charge < -0.3 is 10.6 Å². The lowest BCUT2D eigenvalue weighted by Gasteiger charge is -2.03. The van der Waals surface area contributed by atoms with Gasteiger partial charge in [-0.15, -0.1) is 11.3 Å². The molecule has 0 bridgehead atoms. The first-order valence-electron chi connectivity index (χ1n) is 5.71. The monoisotopic (exact) mass is 227 g/mol. The van der Waals surface area contributed by atoms with Crippen molar-refractivity contribution in [2.75, 3.05) is 19.6 Å². The maximum Gasteiger partial charge on any atom is 0.107 e. The number of hydrogen-bond donors (Lipinski definition) is 2. The molecule has 0 aliphatic heterocycles. The van der Waals surface area contributed by atoms with E-state index in [1.807, 2.05) is 17.5 Å². The van der Waals surface area contributed by atoms with Crippen LogP contribution in [0.1, 0.15) is 30.2 Å². The van der Waals surface area contributed by atoms with E-state index in [4.69, 9.17) is 0 Å². The van der Waals surface area contributed by atoms with Gasteiger partial charge in [-0.2, -0.15) is 0 Å². The zero-order chi connectivity index (χ0) is 10.9. The van der Waals surface area contributed by atoms with Crippen LogP contribution in [-0.2, 0) is 13.0 Å². The van der Waals surface area contributed by atoms with Gasteiger partial charge in [0.25, 0.3) is 0 Å². The number of aryl methyl sites for hydroxylation is 1. The summed E-state index contributed by atoms with van der Waals surface area (Å²) in [6.07, 6.45) is 4.28. The molecule has 0 unspecified atom stereocenters. The van der Waals surface area contributed by atoms with Crippen LogP contribution in [-0.4, -0.2) is 24.6 Å². The van der Waals surface area contributed by atoms with E-state index in [0.29, 0.717) is 0 Å². The molecule has 0 saturated carbocycles. The third kappa shape index (κ3) is 5.25. The minimum Gasteiger partial charge on any atom is -0.315 e. The van der Waals surface area contributed by atoms with Crippen molar-refractivity contribution < 1.29 is 0 Å². The standard InChI is InChI=1S/C11H21N3S/c1-3-5-12-6-7-13-9-11-14-8-10(4-2)15-11/h8,12-13H,3-7,9H2,1-2H3. The number of rotatable bonds is 8. The van der Waals surface area contributed by atoms with E-state index >= 15 is 0 Å². The van der Waals surface area contributed by atoms with Crippen molar-refractivity contribution in [2.24, 2.45) is 0 Å². The molecule has 0 fully saturated rings. The summed E-state index contributed by atoms with van der Waals surface area (Å²) in [5.41, 5.74) is 0. The lowest BCUT2D eigenvalue weighted by molar-refractivity contribution is 0.606. The van der Waals surface area contributed by atoms with Crippen molar-refractivity contribution in [3.8, 4) is 0 Å². The second-order valence-corrected chi connectivity index (χ2v) is 4.70. The van der Waals surface area contributed by atoms with Crippen molar-refractivity contribution in [1.82, 2.24) is 15.6 Å². The molecule has 0 saturated heterocycles. The normalized spacial score (nSPS) is 10.8. The van der Waals surface area contributed by atoms with Crippen LogP contribution in [0, 0.1) is 0 Å². The molecule has 0 radical (unpaired) electrons. The lowest BCUT2D eigenvalue weighted by atomic mass is 10.4. The fourth-order valence-electron chi connectivity index (χ4n) is 1.27. The average Bonchev–Trinajstić information content (AvgIpc) is 2.71. The molecule has 1 rings (SSSR count). The number of aromatic nitrogens is 1. The highest BCUT2D eigenvalue weighted by atomic mass is 32.1. The Morgan fingerprint density at radius 3 is 2.67 bits per heavy atom. The molecule has 1 aromatic heterocycles. The summed E-state index contributed by atoms with van der Waals surface area (Å²) in [6, 6.07) is 0. The van der Waals surface area contributed by atoms with Crippen molar-refractivity contribution >= 4 is 11.3 Å². The molecule has 86 valence electrons. The van der Waals surface area contributed by atoms with Crippen LogP contribution in [0.2, 0.25) is 0 Å². The van der Waals surface area contributed by atoms with E-state index in [1.165, 1.54) is 16.3 Å². The summed E-state index contributed by atoms with van der Waals surface area (Å²) in [5.74, 6) is 0. The minimum atomic E-state index is 0.901. The van der Waals surface area contributed by atoms with E-state index in [-0.39, 0.29) is 0 Å². The molecule has 0 amide bonds. The van der Waals surface area contributed by atoms with Gasteiger partial charge in [0, 0.05) is 30.7 Å². The summed E-state index contributed by atoms with van der Waals surface area (Å²) in [6.45, 7) is 8.42. The summed E-state index contributed by atoms with van der Waals surface area (Å²) in [4.78, 5) is 5.73. The smallest absolute Gasteiger partial charge is 0.107 e. The first-order chi connectivity index (χ1) is 7.36. The molecule has 15 heavy (non-hydrogen) atoms. The molecule has 0 aliphatic carbocycles. The van der Waals surface area contributed by atoms with Gasteiger partial charge in [-0.1, -0.05) is 13.8 Å². The Labute approximate surface area is 96.3 Å². The highest BCUT2D eigenvalue weighted by Crippen LogP contribution is 2.12. The van der Waals surface area contributed by atoms with E-state index < -0.39 is 0 Å². The van der Waals surface area contributed by atoms with Gasteiger partial charge in [0.1, 0.15) is 5.01 Å². The predicted molar refractivity (Wildman–Crippen MR) is 66.4 cm³/mol. The van der Waals surface area contributed by atoms with Crippen LogP contribution in [0.3, 0.4) is 0 Å². The van der Waals surface area contributed by atoms with Crippen molar-refractivity contribution in [2.45, 2.75) is 33.2 Å². The van der Waals surface area contributed by atoms with Gasteiger partial charge in [0.05, 0.1) is 0 Å². The van der Waals surface area contributed by atoms with Gasteiger partial charge in [-0.05, 0) is 19.4 Å². The van der Waals surface area contributed by atoms with Crippen molar-refractivity contribution in [3.63, 3.8) is 0 Å². The number of nitrogens with one attached hydrogen (secondary N) is 2. The Hall–Kier alpha value is -0.450. The van der Waals surface area contributed by atoms with Crippen LogP contribution in [0.15, 0.2) is 6.20 Å². The number of nitrogens with zero attached hydrogens (tertiary/aromatic N) is 1. The molecule has 0 atom stereocenters. The highest BCUT2D eigenvalue weighted by molar-refractivity contribution is 7.11. The predicted octanol–water partition coefficient (Wildman–Crippen LogP) is 1.79. The first-order valence-corrected chi connectivity index (χ1v) is 6.53. The molecular weight excluding hydrogens is 206 g/mol. The molecular formula is C11H21N3S. The fourth-order valence-corrected chi connectivity index (χ4v) is 2.10. The lowest BCUT2D eigenvalue weighted by Crippen LogP contribution is -2.27. The Morgan fingerprint density at radius 1 is 1.20 bits per heavy atom. The molecule has 0 aliphatic rings. The second kappa shape index (κ2) is 7.79. The molecule has 2 N–H and O–H groups in total. The Balaban J connectivity index is 2.04. The Morgan fingerprint density at radius 2 is 2.00 bits per heavy atom. The second-order valence-electron chi connectivity index (χ2n) is 3.50. The minimum absolute atomic E-state index is 0.901.